The van der Waals surface area contributed by atoms with Crippen LogP contribution in [0, 0.1) is 0 Å². The molecule has 0 aliphatic rings. The number of aromatic nitrogens is 4. The maximum atomic E-state index is 11.4. The lowest BCUT2D eigenvalue weighted by Gasteiger charge is -2.09. The van der Waals surface area contributed by atoms with E-state index in [4.69, 9.17) is 11.6 Å². The lowest BCUT2D eigenvalue weighted by atomic mass is 10.1. The summed E-state index contributed by atoms with van der Waals surface area (Å²) < 4.78 is 1.87. The van der Waals surface area contributed by atoms with Gasteiger partial charge in [0.05, 0.1) is 18.4 Å². The number of benzene rings is 1. The molecule has 0 radical (unpaired) electrons. The Labute approximate surface area is 131 Å². The van der Waals surface area contributed by atoms with Crippen LogP contribution in [0.5, 0.6) is 0 Å². The summed E-state index contributed by atoms with van der Waals surface area (Å²) in [4.78, 5) is 11.4. The minimum atomic E-state index is -0.404. The molecule has 0 amide bonds. The van der Waals surface area contributed by atoms with Crippen LogP contribution in [-0.2, 0) is 13.1 Å². The number of nitrogens with one attached hydrogen (secondary N) is 2. The number of nitrogens with zero attached hydrogens (tertiary/aromatic N) is 3. The van der Waals surface area contributed by atoms with Crippen LogP contribution >= 0.6 is 11.6 Å². The minimum Gasteiger partial charge on any atom is -0.378 e. The normalized spacial score (nSPS) is 10.6. The first-order valence-electron chi connectivity index (χ1n) is 6.74. The van der Waals surface area contributed by atoms with Crippen LogP contribution < -0.4 is 10.9 Å². The van der Waals surface area contributed by atoms with Gasteiger partial charge < -0.3 is 5.32 Å². The zero-order chi connectivity index (χ0) is 15.4. The van der Waals surface area contributed by atoms with Gasteiger partial charge in [-0.2, -0.15) is 10.2 Å². The molecule has 0 aliphatic carbocycles. The molecule has 0 atom stereocenters. The Balaban J connectivity index is 1.70. The molecule has 6 nitrogen and oxygen atoms in total. The van der Waals surface area contributed by atoms with Gasteiger partial charge in [0, 0.05) is 18.9 Å². The molecule has 2 N–H and O–H groups in total. The molecule has 2 heterocycles. The van der Waals surface area contributed by atoms with Gasteiger partial charge in [0.2, 0.25) is 0 Å². The van der Waals surface area contributed by atoms with E-state index in [1.165, 1.54) is 6.20 Å². The highest BCUT2D eigenvalue weighted by Crippen LogP contribution is 2.16. The van der Waals surface area contributed by atoms with Gasteiger partial charge in [-0.25, -0.2) is 5.10 Å². The number of aromatic amines is 1. The van der Waals surface area contributed by atoms with Gasteiger partial charge in [-0.1, -0.05) is 35.9 Å². The van der Waals surface area contributed by atoms with Crippen molar-refractivity contribution >= 4 is 17.3 Å². The first kappa shape index (κ1) is 14.3. The third-order valence-corrected chi connectivity index (χ3v) is 3.55. The van der Waals surface area contributed by atoms with E-state index in [1.807, 2.05) is 35.1 Å². The van der Waals surface area contributed by atoms with Crippen LogP contribution in [0.4, 0.5) is 5.69 Å². The molecule has 3 rings (SSSR count). The number of anilines is 1. The zero-order valence-electron chi connectivity index (χ0n) is 11.7. The zero-order valence-corrected chi connectivity index (χ0v) is 12.4. The van der Waals surface area contributed by atoms with Crippen LogP contribution in [0.3, 0.4) is 0 Å². The van der Waals surface area contributed by atoms with Crippen LogP contribution in [-0.4, -0.2) is 20.0 Å². The number of hydrogen-bond donors (Lipinski definition) is 2. The lowest BCUT2D eigenvalue weighted by Crippen LogP contribution is -2.12. The van der Waals surface area contributed by atoms with Gasteiger partial charge in [0.25, 0.3) is 5.56 Å². The Morgan fingerprint density at radius 3 is 2.95 bits per heavy atom. The summed E-state index contributed by atoms with van der Waals surface area (Å²) >= 11 is 5.93. The molecule has 112 valence electrons. The minimum absolute atomic E-state index is 0.114. The third-order valence-electron chi connectivity index (χ3n) is 3.17. The van der Waals surface area contributed by atoms with Crippen LogP contribution in [0.2, 0.25) is 5.02 Å². The molecule has 3 aromatic rings. The van der Waals surface area contributed by atoms with E-state index < -0.39 is 5.56 Å². The highest BCUT2D eigenvalue weighted by Gasteiger charge is 2.05. The van der Waals surface area contributed by atoms with Crippen molar-refractivity contribution in [1.82, 2.24) is 20.0 Å². The van der Waals surface area contributed by atoms with Crippen LogP contribution in [0.25, 0.3) is 0 Å². The quantitative estimate of drug-likeness (QED) is 0.757. The fourth-order valence-electron chi connectivity index (χ4n) is 2.12. The largest absolute Gasteiger partial charge is 0.378 e. The van der Waals surface area contributed by atoms with Crippen LogP contribution in [0.1, 0.15) is 11.1 Å². The van der Waals surface area contributed by atoms with Crippen LogP contribution in [0.15, 0.2) is 53.7 Å². The summed E-state index contributed by atoms with van der Waals surface area (Å²) in [5, 5.41) is 13.4. The van der Waals surface area contributed by atoms with E-state index in [1.54, 1.807) is 6.20 Å². The molecular formula is C15H14ClN5O. The Hall–Kier alpha value is -2.60. The van der Waals surface area contributed by atoms with E-state index in [0.29, 0.717) is 18.8 Å². The molecule has 0 saturated heterocycles. The van der Waals surface area contributed by atoms with Gasteiger partial charge in [-0.3, -0.25) is 9.48 Å². The maximum Gasteiger partial charge on any atom is 0.285 e. The molecule has 0 bridgehead atoms. The molecule has 0 unspecified atom stereocenters. The van der Waals surface area contributed by atoms with Gasteiger partial charge in [-0.05, 0) is 17.2 Å². The number of H-pyrrole nitrogens is 1. The average molecular weight is 316 g/mol. The van der Waals surface area contributed by atoms with Gasteiger partial charge in [0.15, 0.2) is 0 Å². The van der Waals surface area contributed by atoms with Crippen molar-refractivity contribution in [3.05, 3.63) is 75.4 Å². The van der Waals surface area contributed by atoms with E-state index in [2.05, 4.69) is 26.7 Å². The second kappa shape index (κ2) is 6.44. The van der Waals surface area contributed by atoms with Crippen molar-refractivity contribution < 1.29 is 0 Å². The maximum absolute atomic E-state index is 11.4. The highest BCUT2D eigenvalue weighted by atomic mass is 35.5. The van der Waals surface area contributed by atoms with Crippen molar-refractivity contribution in [2.75, 3.05) is 5.32 Å². The molecule has 0 saturated carbocycles. The summed E-state index contributed by atoms with van der Waals surface area (Å²) in [7, 11) is 0. The fourth-order valence-corrected chi connectivity index (χ4v) is 2.28. The van der Waals surface area contributed by atoms with Crippen molar-refractivity contribution in [2.24, 2.45) is 0 Å². The van der Waals surface area contributed by atoms with Crippen molar-refractivity contribution in [3.8, 4) is 0 Å². The summed E-state index contributed by atoms with van der Waals surface area (Å²) in [6.07, 6.45) is 5.18. The highest BCUT2D eigenvalue weighted by molar-refractivity contribution is 6.32. The van der Waals surface area contributed by atoms with Crippen molar-refractivity contribution in [2.45, 2.75) is 13.1 Å². The topological polar surface area (TPSA) is 75.6 Å². The summed E-state index contributed by atoms with van der Waals surface area (Å²) in [5.41, 5.74) is 2.35. The predicted molar refractivity (Wildman–Crippen MR) is 85.0 cm³/mol. The van der Waals surface area contributed by atoms with Crippen molar-refractivity contribution in [1.29, 1.82) is 0 Å². The van der Waals surface area contributed by atoms with E-state index >= 15 is 0 Å². The van der Waals surface area contributed by atoms with Gasteiger partial charge in [0.1, 0.15) is 5.02 Å². The molecule has 7 heteroatoms. The lowest BCUT2D eigenvalue weighted by molar-refractivity contribution is 0.686. The average Bonchev–Trinajstić information content (AvgIpc) is 3.02. The first-order valence-corrected chi connectivity index (χ1v) is 7.12. The second-order valence-corrected chi connectivity index (χ2v) is 5.18. The van der Waals surface area contributed by atoms with Gasteiger partial charge >= 0.3 is 0 Å². The Kier molecular flexibility index (Phi) is 4.20. The molecule has 22 heavy (non-hydrogen) atoms. The first-order chi connectivity index (χ1) is 10.7. The molecule has 1 aromatic carbocycles. The summed E-state index contributed by atoms with van der Waals surface area (Å²) in [5.74, 6) is 0. The van der Waals surface area contributed by atoms with E-state index in [-0.39, 0.29) is 5.02 Å². The number of hydrogen-bond acceptors (Lipinski definition) is 4. The number of halogens is 1. The monoisotopic (exact) mass is 315 g/mol. The fraction of sp³-hybridized carbons (Fsp3) is 0.133. The molecule has 2 aromatic heterocycles. The van der Waals surface area contributed by atoms with Crippen molar-refractivity contribution in [3.63, 3.8) is 0 Å². The third kappa shape index (κ3) is 3.35. The molecular weight excluding hydrogens is 302 g/mol. The SMILES string of the molecule is O=c1[nH]ncc(NCc2cccc(Cn3cccn3)c2)c1Cl. The smallest absolute Gasteiger partial charge is 0.285 e. The predicted octanol–water partition coefficient (Wildman–Crippen LogP) is 2.28. The second-order valence-electron chi connectivity index (χ2n) is 4.80. The van der Waals surface area contributed by atoms with E-state index in [9.17, 15) is 4.79 Å². The Bertz CT molecular complexity index is 813. The van der Waals surface area contributed by atoms with E-state index in [0.717, 1.165) is 11.1 Å². The summed E-state index contributed by atoms with van der Waals surface area (Å²) in [6.45, 7) is 1.27. The summed E-state index contributed by atoms with van der Waals surface area (Å²) in [6, 6.07) is 10.0. The Morgan fingerprint density at radius 2 is 2.14 bits per heavy atom. The molecule has 0 aliphatic heterocycles. The number of rotatable bonds is 5. The standard InChI is InChI=1S/C15H14ClN5O/c16-14-13(9-18-20-15(14)22)17-8-11-3-1-4-12(7-11)10-21-6-2-5-19-21/h1-7,9H,8,10H2,(H2,17,20,22). The molecule has 0 fully saturated rings. The van der Waals surface area contributed by atoms with Gasteiger partial charge in [-0.15, -0.1) is 0 Å². The molecule has 0 spiro atoms. The Morgan fingerprint density at radius 1 is 1.27 bits per heavy atom.